The van der Waals surface area contributed by atoms with Gasteiger partial charge >= 0.3 is 0 Å². The molecule has 1 atom stereocenters. The lowest BCUT2D eigenvalue weighted by molar-refractivity contribution is 0.0720. The lowest BCUT2D eigenvalue weighted by Gasteiger charge is -2.21. The minimum absolute atomic E-state index is 0.0819. The van der Waals surface area contributed by atoms with Crippen LogP contribution in [0.5, 0.6) is 0 Å². The Morgan fingerprint density at radius 1 is 1.19 bits per heavy atom. The molecular weight excluding hydrogens is 410 g/mol. The first-order chi connectivity index (χ1) is 13.0. The predicted molar refractivity (Wildman–Crippen MR) is 103 cm³/mol. The third kappa shape index (κ3) is 3.56. The zero-order valence-corrected chi connectivity index (χ0v) is 16.8. The highest BCUT2D eigenvalue weighted by Gasteiger charge is 2.34. The van der Waals surface area contributed by atoms with Crippen LogP contribution < -0.4 is 0 Å². The van der Waals surface area contributed by atoms with Crippen molar-refractivity contribution < 1.29 is 13.8 Å². The number of carbonyl (C=O) groups is 1. The van der Waals surface area contributed by atoms with Crippen LogP contribution in [-0.2, 0) is 0 Å². The first-order valence-corrected chi connectivity index (χ1v) is 9.82. The van der Waals surface area contributed by atoms with E-state index >= 15 is 0 Å². The van der Waals surface area contributed by atoms with Crippen molar-refractivity contribution in [3.05, 3.63) is 58.0 Å². The molecule has 1 aliphatic heterocycles. The van der Waals surface area contributed by atoms with E-state index in [-0.39, 0.29) is 17.9 Å². The monoisotopic (exact) mass is 429 g/mol. The SMILES string of the molecule is CC(C)c1cc(C2CCCN2C(=O)c2cc(-c3ccc(Br)cc3)on2)no1. The molecule has 1 aromatic carbocycles. The van der Waals surface area contributed by atoms with Crippen molar-refractivity contribution in [3.63, 3.8) is 0 Å². The molecule has 3 aromatic rings. The molecule has 7 heteroatoms. The summed E-state index contributed by atoms with van der Waals surface area (Å²) in [5.41, 5.74) is 1.99. The van der Waals surface area contributed by atoms with Crippen molar-refractivity contribution in [2.45, 2.75) is 38.6 Å². The van der Waals surface area contributed by atoms with E-state index in [2.05, 4.69) is 40.1 Å². The molecular formula is C20H20BrN3O3. The van der Waals surface area contributed by atoms with E-state index in [9.17, 15) is 4.79 Å². The number of nitrogens with zero attached hydrogens (tertiary/aromatic N) is 3. The Labute approximate surface area is 165 Å². The van der Waals surface area contributed by atoms with Crippen molar-refractivity contribution in [2.24, 2.45) is 0 Å². The highest BCUT2D eigenvalue weighted by atomic mass is 79.9. The maximum atomic E-state index is 13.0. The van der Waals surface area contributed by atoms with E-state index in [4.69, 9.17) is 9.05 Å². The van der Waals surface area contributed by atoms with Crippen LogP contribution in [0.1, 0.15) is 60.6 Å². The number of aromatic nitrogens is 2. The van der Waals surface area contributed by atoms with Crippen molar-refractivity contribution >= 4 is 21.8 Å². The van der Waals surface area contributed by atoms with Gasteiger partial charge in [-0.05, 0) is 25.0 Å². The second-order valence-corrected chi connectivity index (χ2v) is 7.96. The Kier molecular flexibility index (Phi) is 4.86. The molecule has 1 fully saturated rings. The molecule has 0 radical (unpaired) electrons. The number of carbonyl (C=O) groups excluding carboxylic acids is 1. The molecule has 4 rings (SSSR count). The molecule has 1 saturated heterocycles. The van der Waals surface area contributed by atoms with Gasteiger partial charge in [0, 0.05) is 34.6 Å². The van der Waals surface area contributed by atoms with Gasteiger partial charge in [-0.15, -0.1) is 0 Å². The first-order valence-electron chi connectivity index (χ1n) is 9.03. The fraction of sp³-hybridized carbons (Fsp3) is 0.350. The summed E-state index contributed by atoms with van der Waals surface area (Å²) in [6.07, 6.45) is 1.80. The average molecular weight is 430 g/mol. The van der Waals surface area contributed by atoms with Crippen LogP contribution in [0.25, 0.3) is 11.3 Å². The quantitative estimate of drug-likeness (QED) is 0.570. The van der Waals surface area contributed by atoms with Crippen molar-refractivity contribution in [1.82, 2.24) is 15.2 Å². The predicted octanol–water partition coefficient (Wildman–Crippen LogP) is 5.19. The summed E-state index contributed by atoms with van der Waals surface area (Å²) in [5, 5.41) is 8.19. The lowest BCUT2D eigenvalue weighted by atomic mass is 10.1. The molecule has 0 aliphatic carbocycles. The van der Waals surface area contributed by atoms with Gasteiger partial charge in [0.1, 0.15) is 11.5 Å². The van der Waals surface area contributed by atoms with Crippen molar-refractivity contribution in [1.29, 1.82) is 0 Å². The third-order valence-corrected chi connectivity index (χ3v) is 5.36. The molecule has 1 aliphatic rings. The van der Waals surface area contributed by atoms with Gasteiger partial charge in [0.2, 0.25) is 0 Å². The van der Waals surface area contributed by atoms with Gasteiger partial charge in [0.25, 0.3) is 5.91 Å². The summed E-state index contributed by atoms with van der Waals surface area (Å²) < 4.78 is 11.8. The summed E-state index contributed by atoms with van der Waals surface area (Å²) in [6, 6.07) is 11.3. The average Bonchev–Trinajstić information content (AvgIpc) is 3.40. The minimum atomic E-state index is -0.140. The molecule has 2 aromatic heterocycles. The molecule has 1 unspecified atom stereocenters. The van der Waals surface area contributed by atoms with Gasteiger partial charge in [0.15, 0.2) is 11.5 Å². The van der Waals surface area contributed by atoms with E-state index in [1.807, 2.05) is 35.2 Å². The highest BCUT2D eigenvalue weighted by molar-refractivity contribution is 9.10. The second kappa shape index (κ2) is 7.31. The second-order valence-electron chi connectivity index (χ2n) is 7.05. The standard InChI is InChI=1S/C20H20BrN3O3/c1-12(2)18-10-15(22-26-18)17-4-3-9-24(17)20(25)16-11-19(27-23-16)13-5-7-14(21)8-6-13/h5-8,10-12,17H,3-4,9H2,1-2H3. The molecule has 1 amide bonds. The summed E-state index contributed by atoms with van der Waals surface area (Å²) >= 11 is 3.41. The molecule has 0 saturated carbocycles. The topological polar surface area (TPSA) is 72.4 Å². The van der Waals surface area contributed by atoms with Crippen LogP contribution in [0.3, 0.4) is 0 Å². The van der Waals surface area contributed by atoms with E-state index in [0.29, 0.717) is 18.0 Å². The van der Waals surface area contributed by atoms with Crippen LogP contribution >= 0.6 is 15.9 Å². The number of halogens is 1. The summed E-state index contributed by atoms with van der Waals surface area (Å²) in [5.74, 6) is 1.54. The fourth-order valence-electron chi connectivity index (χ4n) is 3.32. The van der Waals surface area contributed by atoms with Crippen LogP contribution in [0, 0.1) is 0 Å². The number of amides is 1. The van der Waals surface area contributed by atoms with E-state index < -0.39 is 0 Å². The van der Waals surface area contributed by atoms with Gasteiger partial charge < -0.3 is 13.9 Å². The first kappa shape index (κ1) is 18.0. The van der Waals surface area contributed by atoms with Crippen LogP contribution in [0.15, 0.2) is 49.9 Å². The summed E-state index contributed by atoms with van der Waals surface area (Å²) in [4.78, 5) is 14.8. The number of hydrogen-bond donors (Lipinski definition) is 0. The van der Waals surface area contributed by atoms with E-state index in [1.54, 1.807) is 6.07 Å². The Hall–Kier alpha value is -2.41. The molecule has 3 heterocycles. The number of rotatable bonds is 4. The summed E-state index contributed by atoms with van der Waals surface area (Å²) in [7, 11) is 0. The Balaban J connectivity index is 1.55. The smallest absolute Gasteiger partial charge is 0.276 e. The van der Waals surface area contributed by atoms with Gasteiger partial charge in [-0.1, -0.05) is 52.2 Å². The van der Waals surface area contributed by atoms with Crippen LogP contribution in [-0.4, -0.2) is 27.7 Å². The number of likely N-dealkylation sites (tertiary alicyclic amines) is 1. The van der Waals surface area contributed by atoms with E-state index in [0.717, 1.165) is 34.3 Å². The minimum Gasteiger partial charge on any atom is -0.361 e. The summed E-state index contributed by atoms with van der Waals surface area (Å²) in [6.45, 7) is 4.79. The van der Waals surface area contributed by atoms with Crippen molar-refractivity contribution in [3.8, 4) is 11.3 Å². The third-order valence-electron chi connectivity index (χ3n) is 4.83. The normalized spacial score (nSPS) is 17.0. The zero-order valence-electron chi connectivity index (χ0n) is 15.2. The molecule has 6 nitrogen and oxygen atoms in total. The molecule has 0 bridgehead atoms. The molecule has 27 heavy (non-hydrogen) atoms. The number of hydrogen-bond acceptors (Lipinski definition) is 5. The Bertz CT molecular complexity index is 946. The van der Waals surface area contributed by atoms with E-state index in [1.165, 1.54) is 0 Å². The van der Waals surface area contributed by atoms with Crippen molar-refractivity contribution in [2.75, 3.05) is 6.54 Å². The largest absolute Gasteiger partial charge is 0.361 e. The molecule has 140 valence electrons. The molecule has 0 spiro atoms. The van der Waals surface area contributed by atoms with Gasteiger partial charge in [-0.25, -0.2) is 0 Å². The zero-order chi connectivity index (χ0) is 19.0. The molecule has 0 N–H and O–H groups in total. The van der Waals surface area contributed by atoms with Crippen LogP contribution in [0.2, 0.25) is 0 Å². The Morgan fingerprint density at radius 2 is 1.96 bits per heavy atom. The lowest BCUT2D eigenvalue weighted by Crippen LogP contribution is -2.30. The van der Waals surface area contributed by atoms with Gasteiger partial charge in [-0.3, -0.25) is 4.79 Å². The fourth-order valence-corrected chi connectivity index (χ4v) is 3.59. The van der Waals surface area contributed by atoms with Gasteiger partial charge in [0.05, 0.1) is 6.04 Å². The highest BCUT2D eigenvalue weighted by Crippen LogP contribution is 2.34. The maximum Gasteiger partial charge on any atom is 0.276 e. The van der Waals surface area contributed by atoms with Gasteiger partial charge in [-0.2, -0.15) is 0 Å². The maximum absolute atomic E-state index is 13.0. The Morgan fingerprint density at radius 3 is 2.67 bits per heavy atom. The van der Waals surface area contributed by atoms with Crippen LogP contribution in [0.4, 0.5) is 0 Å². The number of benzene rings is 1.